The Bertz CT molecular complexity index is 432. The van der Waals surface area contributed by atoms with E-state index in [4.69, 9.17) is 0 Å². The van der Waals surface area contributed by atoms with Gasteiger partial charge in [-0.05, 0) is 31.5 Å². The van der Waals surface area contributed by atoms with Crippen molar-refractivity contribution >= 4 is 9.84 Å². The van der Waals surface area contributed by atoms with Crippen LogP contribution in [-0.2, 0) is 15.4 Å². The number of aromatic nitrogens is 1. The van der Waals surface area contributed by atoms with Crippen LogP contribution in [0.25, 0.3) is 0 Å². The van der Waals surface area contributed by atoms with Crippen LogP contribution in [0, 0.1) is 0 Å². The van der Waals surface area contributed by atoms with E-state index >= 15 is 0 Å². The molecule has 0 spiro atoms. The summed E-state index contributed by atoms with van der Waals surface area (Å²) in [6.07, 6.45) is 2.47. The molecule has 5 heteroatoms. The molecule has 0 aliphatic heterocycles. The molecule has 0 amide bonds. The molecule has 1 heterocycles. The molecule has 1 N–H and O–H groups in total. The lowest BCUT2D eigenvalue weighted by molar-refractivity contribution is 0.0782. The molecule has 0 saturated heterocycles. The summed E-state index contributed by atoms with van der Waals surface area (Å²) < 4.78 is 22.3. The molecule has 0 aliphatic carbocycles. The number of sulfone groups is 1. The first-order chi connectivity index (χ1) is 6.21. The van der Waals surface area contributed by atoms with Gasteiger partial charge in [-0.2, -0.15) is 0 Å². The third-order valence-electron chi connectivity index (χ3n) is 1.82. The smallest absolute Gasteiger partial charge is 0.192 e. The molecule has 1 aromatic rings. The largest absolute Gasteiger partial charge is 0.386 e. The van der Waals surface area contributed by atoms with E-state index in [1.54, 1.807) is 19.9 Å². The number of hydrogen-bond acceptors (Lipinski definition) is 4. The predicted octanol–water partition coefficient (Wildman–Crippen LogP) is 0.713. The van der Waals surface area contributed by atoms with E-state index in [0.29, 0.717) is 5.56 Å². The van der Waals surface area contributed by atoms with Gasteiger partial charge in [-0.15, -0.1) is 0 Å². The van der Waals surface area contributed by atoms with Gasteiger partial charge in [-0.3, -0.25) is 0 Å². The summed E-state index contributed by atoms with van der Waals surface area (Å²) in [6.45, 7) is 3.18. The van der Waals surface area contributed by atoms with Crippen molar-refractivity contribution in [2.45, 2.75) is 24.5 Å². The third-order valence-corrected chi connectivity index (χ3v) is 2.80. The molecule has 14 heavy (non-hydrogen) atoms. The Morgan fingerprint density at radius 1 is 1.43 bits per heavy atom. The maximum absolute atomic E-state index is 11.2. The molecule has 0 radical (unpaired) electrons. The molecule has 0 bridgehead atoms. The summed E-state index contributed by atoms with van der Waals surface area (Å²) in [7, 11) is -3.31. The Morgan fingerprint density at radius 3 is 2.43 bits per heavy atom. The van der Waals surface area contributed by atoms with Gasteiger partial charge < -0.3 is 5.11 Å². The van der Waals surface area contributed by atoms with Crippen LogP contribution in [-0.4, -0.2) is 24.8 Å². The highest BCUT2D eigenvalue weighted by molar-refractivity contribution is 7.90. The number of aliphatic hydroxyl groups is 1. The van der Waals surface area contributed by atoms with Crippen LogP contribution in [0.15, 0.2) is 23.4 Å². The standard InChI is InChI=1S/C9H13NO3S/c1-9(2,11)7-4-5-10-8(6-7)14(3,12)13/h4-6,11H,1-3H3. The number of nitrogens with zero attached hydrogens (tertiary/aromatic N) is 1. The van der Waals surface area contributed by atoms with Gasteiger partial charge in [0.15, 0.2) is 14.9 Å². The van der Waals surface area contributed by atoms with Crippen molar-refractivity contribution in [3.05, 3.63) is 23.9 Å². The molecule has 1 aromatic heterocycles. The Kier molecular flexibility index (Phi) is 2.65. The first-order valence-corrected chi connectivity index (χ1v) is 5.99. The van der Waals surface area contributed by atoms with E-state index in [2.05, 4.69) is 4.98 Å². The first kappa shape index (κ1) is 11.1. The van der Waals surface area contributed by atoms with Crippen molar-refractivity contribution in [2.75, 3.05) is 6.26 Å². The van der Waals surface area contributed by atoms with E-state index in [9.17, 15) is 13.5 Å². The second kappa shape index (κ2) is 3.33. The van der Waals surface area contributed by atoms with Gasteiger partial charge in [0.05, 0.1) is 5.60 Å². The maximum atomic E-state index is 11.2. The fraction of sp³-hybridized carbons (Fsp3) is 0.444. The topological polar surface area (TPSA) is 67.3 Å². The van der Waals surface area contributed by atoms with E-state index in [1.165, 1.54) is 12.3 Å². The van der Waals surface area contributed by atoms with Gasteiger partial charge in [-0.1, -0.05) is 0 Å². The van der Waals surface area contributed by atoms with Crippen LogP contribution in [0.5, 0.6) is 0 Å². The van der Waals surface area contributed by atoms with Gasteiger partial charge in [0.25, 0.3) is 0 Å². The van der Waals surface area contributed by atoms with Crippen LogP contribution < -0.4 is 0 Å². The highest BCUT2D eigenvalue weighted by Crippen LogP contribution is 2.20. The van der Waals surface area contributed by atoms with Crippen LogP contribution in [0.4, 0.5) is 0 Å². The third kappa shape index (κ3) is 2.52. The van der Waals surface area contributed by atoms with Crippen LogP contribution >= 0.6 is 0 Å². The fourth-order valence-corrected chi connectivity index (χ4v) is 1.59. The number of rotatable bonds is 2. The van der Waals surface area contributed by atoms with Crippen molar-refractivity contribution in [1.82, 2.24) is 4.98 Å². The molecular weight excluding hydrogens is 202 g/mol. The van der Waals surface area contributed by atoms with E-state index in [1.807, 2.05) is 0 Å². The second-order valence-corrected chi connectivity index (χ2v) is 5.68. The molecule has 78 valence electrons. The summed E-state index contributed by atoms with van der Waals surface area (Å²) in [5.74, 6) is 0. The van der Waals surface area contributed by atoms with Crippen LogP contribution in [0.3, 0.4) is 0 Å². The quantitative estimate of drug-likeness (QED) is 0.789. The Hall–Kier alpha value is -0.940. The van der Waals surface area contributed by atoms with Crippen molar-refractivity contribution in [2.24, 2.45) is 0 Å². The fourth-order valence-electron chi connectivity index (χ4n) is 0.993. The molecule has 0 saturated carbocycles. The molecular formula is C9H13NO3S. The summed E-state index contributed by atoms with van der Waals surface area (Å²) >= 11 is 0. The van der Waals surface area contributed by atoms with Gasteiger partial charge in [-0.25, -0.2) is 13.4 Å². The second-order valence-electron chi connectivity index (χ2n) is 3.71. The maximum Gasteiger partial charge on any atom is 0.192 e. The Balaban J connectivity index is 3.29. The van der Waals surface area contributed by atoms with E-state index < -0.39 is 15.4 Å². The molecule has 0 aliphatic rings. The van der Waals surface area contributed by atoms with Crippen molar-refractivity contribution in [3.8, 4) is 0 Å². The number of hydrogen-bond donors (Lipinski definition) is 1. The molecule has 0 fully saturated rings. The zero-order valence-electron chi connectivity index (χ0n) is 8.35. The SMILES string of the molecule is CC(C)(O)c1ccnc(S(C)(=O)=O)c1. The van der Waals surface area contributed by atoms with Crippen molar-refractivity contribution in [3.63, 3.8) is 0 Å². The Morgan fingerprint density at radius 2 is 2.00 bits per heavy atom. The van der Waals surface area contributed by atoms with Crippen LogP contribution in [0.1, 0.15) is 19.4 Å². The highest BCUT2D eigenvalue weighted by Gasteiger charge is 2.18. The minimum Gasteiger partial charge on any atom is -0.386 e. The van der Waals surface area contributed by atoms with E-state index in [-0.39, 0.29) is 5.03 Å². The van der Waals surface area contributed by atoms with Gasteiger partial charge >= 0.3 is 0 Å². The molecule has 1 rings (SSSR count). The summed E-state index contributed by atoms with van der Waals surface area (Å²) in [5.41, 5.74) is -0.518. The lowest BCUT2D eigenvalue weighted by atomic mass is 10.0. The average Bonchev–Trinajstić information content (AvgIpc) is 2.01. The van der Waals surface area contributed by atoms with Gasteiger partial charge in [0.2, 0.25) is 0 Å². The van der Waals surface area contributed by atoms with Gasteiger partial charge in [0, 0.05) is 12.5 Å². The summed E-state index contributed by atoms with van der Waals surface area (Å²) in [4.78, 5) is 3.73. The molecule has 0 aromatic carbocycles. The minimum absolute atomic E-state index is 0.0166. The van der Waals surface area contributed by atoms with E-state index in [0.717, 1.165) is 6.26 Å². The highest BCUT2D eigenvalue weighted by atomic mass is 32.2. The monoisotopic (exact) mass is 215 g/mol. The number of pyridine rings is 1. The lowest BCUT2D eigenvalue weighted by Crippen LogP contribution is -2.16. The lowest BCUT2D eigenvalue weighted by Gasteiger charge is -2.17. The Labute approximate surface area is 83.5 Å². The summed E-state index contributed by atoms with van der Waals surface area (Å²) in [6, 6.07) is 2.98. The van der Waals surface area contributed by atoms with Crippen molar-refractivity contribution < 1.29 is 13.5 Å². The van der Waals surface area contributed by atoms with Crippen molar-refractivity contribution in [1.29, 1.82) is 0 Å². The zero-order chi connectivity index (χ0) is 11.0. The van der Waals surface area contributed by atoms with Crippen LogP contribution in [0.2, 0.25) is 0 Å². The molecule has 4 nitrogen and oxygen atoms in total. The van der Waals surface area contributed by atoms with Gasteiger partial charge in [0.1, 0.15) is 0 Å². The predicted molar refractivity (Wildman–Crippen MR) is 52.6 cm³/mol. The summed E-state index contributed by atoms with van der Waals surface area (Å²) in [5, 5.41) is 9.64. The normalized spacial score (nSPS) is 12.9. The average molecular weight is 215 g/mol. The molecule has 0 atom stereocenters. The first-order valence-electron chi connectivity index (χ1n) is 4.10. The zero-order valence-corrected chi connectivity index (χ0v) is 9.17. The molecule has 0 unspecified atom stereocenters. The minimum atomic E-state index is -3.31.